The van der Waals surface area contributed by atoms with Gasteiger partial charge in [0.05, 0.1) is 25.3 Å². The summed E-state index contributed by atoms with van der Waals surface area (Å²) in [5.74, 6) is -0.270. The van der Waals surface area contributed by atoms with Crippen LogP contribution in [0.1, 0.15) is 33.9 Å². The van der Waals surface area contributed by atoms with Gasteiger partial charge in [-0.15, -0.1) is 0 Å². The van der Waals surface area contributed by atoms with Crippen molar-refractivity contribution in [2.45, 2.75) is 31.6 Å². The number of halogens is 2. The van der Waals surface area contributed by atoms with Gasteiger partial charge >= 0.3 is 0 Å². The zero-order valence-corrected chi connectivity index (χ0v) is 17.6. The lowest BCUT2D eigenvalue weighted by molar-refractivity contribution is 0.0285. The third kappa shape index (κ3) is 4.87. The number of aliphatic hydroxyl groups excluding tert-OH is 1. The van der Waals surface area contributed by atoms with Crippen LogP contribution in [0.4, 0.5) is 14.6 Å². The molecule has 1 fully saturated rings. The van der Waals surface area contributed by atoms with Gasteiger partial charge in [-0.25, -0.2) is 13.8 Å². The fourth-order valence-corrected chi connectivity index (χ4v) is 3.72. The number of aromatic nitrogens is 1. The van der Waals surface area contributed by atoms with Gasteiger partial charge in [-0.2, -0.15) is 0 Å². The second kappa shape index (κ2) is 9.58. The van der Waals surface area contributed by atoms with Crippen molar-refractivity contribution < 1.29 is 23.4 Å². The zero-order chi connectivity index (χ0) is 22.7. The van der Waals surface area contributed by atoms with Crippen LogP contribution in [-0.2, 0) is 4.74 Å². The number of nitrogens with zero attached hydrogens (tertiary/aromatic N) is 1. The summed E-state index contributed by atoms with van der Waals surface area (Å²) in [5, 5.41) is 17.2. The van der Waals surface area contributed by atoms with Gasteiger partial charge in [0.1, 0.15) is 17.8 Å². The smallest absolute Gasteiger partial charge is 0.251 e. The van der Waals surface area contributed by atoms with Gasteiger partial charge in [-0.3, -0.25) is 4.79 Å². The molecule has 0 unspecified atom stereocenters. The molecular weight excluding hydrogens is 416 g/mol. The number of anilines is 1. The van der Waals surface area contributed by atoms with Gasteiger partial charge in [0.25, 0.3) is 5.91 Å². The zero-order valence-electron chi connectivity index (χ0n) is 17.6. The van der Waals surface area contributed by atoms with E-state index in [0.29, 0.717) is 35.5 Å². The number of hydrogen-bond acceptors (Lipinski definition) is 5. The van der Waals surface area contributed by atoms with Crippen molar-refractivity contribution in [3.05, 3.63) is 71.2 Å². The number of carbonyl (C=O) groups is 1. The lowest BCUT2D eigenvalue weighted by Crippen LogP contribution is -2.39. The molecule has 0 saturated carbocycles. The first kappa shape index (κ1) is 22.1. The number of pyridine rings is 1. The summed E-state index contributed by atoms with van der Waals surface area (Å²) in [7, 11) is 0. The normalized spacial score (nSPS) is 19.5. The second-order valence-electron chi connectivity index (χ2n) is 7.98. The van der Waals surface area contributed by atoms with Crippen molar-refractivity contribution in [3.8, 4) is 0 Å². The highest BCUT2D eigenvalue weighted by molar-refractivity contribution is 5.99. The summed E-state index contributed by atoms with van der Waals surface area (Å²) < 4.78 is 33.1. The average Bonchev–Trinajstić information content (AvgIpc) is 2.80. The monoisotopic (exact) mass is 441 g/mol. The third-order valence-electron chi connectivity index (χ3n) is 5.69. The SMILES string of the molecule is Cc1ccc([C@@H](CO)NC(=O)c2ccc3cnc(N[C@H]4CCOC[C@H]4F)cc3c2)cc1F. The van der Waals surface area contributed by atoms with Gasteiger partial charge in [0.2, 0.25) is 0 Å². The van der Waals surface area contributed by atoms with Crippen LogP contribution >= 0.6 is 0 Å². The number of aliphatic hydroxyl groups is 1. The number of nitrogens with one attached hydrogen (secondary N) is 2. The predicted molar refractivity (Wildman–Crippen MR) is 118 cm³/mol. The Balaban J connectivity index is 1.52. The standard InChI is InChI=1S/C24H25F2N3O3/c1-14-2-3-15(9-19(14)25)22(12-30)29-24(31)16-4-5-17-11-27-23(10-18(17)8-16)28-21-6-7-32-13-20(21)26/h2-5,8-11,20-22,30H,6-7,12-13H2,1H3,(H,27,28)(H,29,31)/t20-,21+,22-/m1/s1. The average molecular weight is 441 g/mol. The molecule has 0 spiro atoms. The van der Waals surface area contributed by atoms with Crippen molar-refractivity contribution in [3.63, 3.8) is 0 Å². The van der Waals surface area contributed by atoms with E-state index in [4.69, 9.17) is 4.74 Å². The van der Waals surface area contributed by atoms with Crippen LogP contribution in [0.25, 0.3) is 10.8 Å². The number of amides is 1. The minimum atomic E-state index is -1.11. The first-order chi connectivity index (χ1) is 15.4. The molecular formula is C24H25F2N3O3. The molecule has 32 heavy (non-hydrogen) atoms. The van der Waals surface area contributed by atoms with Gasteiger partial charge < -0.3 is 20.5 Å². The molecule has 8 heteroatoms. The van der Waals surface area contributed by atoms with E-state index < -0.39 is 23.9 Å². The van der Waals surface area contributed by atoms with Crippen molar-refractivity contribution in [2.75, 3.05) is 25.1 Å². The van der Waals surface area contributed by atoms with E-state index in [1.165, 1.54) is 6.07 Å². The van der Waals surface area contributed by atoms with Crippen LogP contribution in [0, 0.1) is 12.7 Å². The Kier molecular flexibility index (Phi) is 6.62. The number of aryl methyl sites for hydroxylation is 1. The van der Waals surface area contributed by atoms with Gasteiger partial charge in [-0.05, 0) is 54.1 Å². The van der Waals surface area contributed by atoms with Crippen LogP contribution < -0.4 is 10.6 Å². The van der Waals surface area contributed by atoms with E-state index in [-0.39, 0.29) is 19.3 Å². The number of alkyl halides is 1. The van der Waals surface area contributed by atoms with Crippen LogP contribution in [0.5, 0.6) is 0 Å². The molecule has 6 nitrogen and oxygen atoms in total. The fraction of sp³-hybridized carbons (Fsp3) is 0.333. The molecule has 1 aliphatic heterocycles. The van der Waals surface area contributed by atoms with Crippen LogP contribution in [0.3, 0.4) is 0 Å². The fourth-order valence-electron chi connectivity index (χ4n) is 3.72. The Morgan fingerprint density at radius 2 is 2.09 bits per heavy atom. The van der Waals surface area contributed by atoms with Crippen LogP contribution in [0.15, 0.2) is 48.7 Å². The maximum absolute atomic E-state index is 14.0. The maximum Gasteiger partial charge on any atom is 0.251 e. The lowest BCUT2D eigenvalue weighted by atomic mass is 10.0. The van der Waals surface area contributed by atoms with E-state index in [1.807, 2.05) is 0 Å². The highest BCUT2D eigenvalue weighted by Gasteiger charge is 2.25. The number of hydrogen-bond donors (Lipinski definition) is 3. The molecule has 1 amide bonds. The van der Waals surface area contributed by atoms with Crippen molar-refractivity contribution in [2.24, 2.45) is 0 Å². The number of rotatable bonds is 6. The summed E-state index contributed by atoms with van der Waals surface area (Å²) in [4.78, 5) is 17.2. The summed E-state index contributed by atoms with van der Waals surface area (Å²) in [6, 6.07) is 10.4. The molecule has 0 bridgehead atoms. The molecule has 3 atom stereocenters. The van der Waals surface area contributed by atoms with E-state index >= 15 is 0 Å². The Morgan fingerprint density at radius 1 is 1.25 bits per heavy atom. The Bertz CT molecular complexity index is 1120. The third-order valence-corrected chi connectivity index (χ3v) is 5.69. The highest BCUT2D eigenvalue weighted by atomic mass is 19.1. The van der Waals surface area contributed by atoms with E-state index in [0.717, 1.165) is 10.8 Å². The number of ether oxygens (including phenoxy) is 1. The lowest BCUT2D eigenvalue weighted by Gasteiger charge is -2.27. The Morgan fingerprint density at radius 3 is 2.84 bits per heavy atom. The molecule has 4 rings (SSSR count). The van der Waals surface area contributed by atoms with Crippen LogP contribution in [0.2, 0.25) is 0 Å². The molecule has 1 aromatic heterocycles. The van der Waals surface area contributed by atoms with Crippen molar-refractivity contribution >= 4 is 22.5 Å². The molecule has 0 radical (unpaired) electrons. The van der Waals surface area contributed by atoms with E-state index in [9.17, 15) is 18.7 Å². The van der Waals surface area contributed by atoms with Crippen molar-refractivity contribution in [1.29, 1.82) is 0 Å². The summed E-state index contributed by atoms with van der Waals surface area (Å²) in [6.45, 7) is 1.84. The molecule has 1 saturated heterocycles. The largest absolute Gasteiger partial charge is 0.394 e. The van der Waals surface area contributed by atoms with Gasteiger partial charge in [0, 0.05) is 23.8 Å². The first-order valence-electron chi connectivity index (χ1n) is 10.5. The molecule has 1 aliphatic rings. The van der Waals surface area contributed by atoms with Crippen LogP contribution in [-0.4, -0.2) is 48.0 Å². The van der Waals surface area contributed by atoms with E-state index in [1.54, 1.807) is 49.5 Å². The van der Waals surface area contributed by atoms with Gasteiger partial charge in [0.15, 0.2) is 0 Å². The topological polar surface area (TPSA) is 83.5 Å². The number of fused-ring (bicyclic) bond motifs is 1. The van der Waals surface area contributed by atoms with Gasteiger partial charge in [-0.1, -0.05) is 18.2 Å². The Labute approximate surface area is 184 Å². The van der Waals surface area contributed by atoms with Crippen molar-refractivity contribution in [1.82, 2.24) is 10.3 Å². The Hall–Kier alpha value is -3.10. The molecule has 3 N–H and O–H groups in total. The second-order valence-corrected chi connectivity index (χ2v) is 7.98. The summed E-state index contributed by atoms with van der Waals surface area (Å²) in [5.41, 5.74) is 1.36. The number of benzene rings is 2. The molecule has 168 valence electrons. The molecule has 2 heterocycles. The molecule has 0 aliphatic carbocycles. The first-order valence-corrected chi connectivity index (χ1v) is 10.5. The predicted octanol–water partition coefficient (Wildman–Crippen LogP) is 3.68. The molecule has 3 aromatic rings. The highest BCUT2D eigenvalue weighted by Crippen LogP contribution is 2.23. The summed E-state index contributed by atoms with van der Waals surface area (Å²) in [6.07, 6.45) is 1.10. The minimum Gasteiger partial charge on any atom is -0.394 e. The molecule has 2 aromatic carbocycles. The summed E-state index contributed by atoms with van der Waals surface area (Å²) >= 11 is 0. The quantitative estimate of drug-likeness (QED) is 0.544. The minimum absolute atomic E-state index is 0.0620. The maximum atomic E-state index is 14.0. The van der Waals surface area contributed by atoms with E-state index in [2.05, 4.69) is 15.6 Å². The number of carbonyl (C=O) groups excluding carboxylic acids is 1.